The molecule has 3 rings (SSSR count). The molecule has 0 aliphatic heterocycles. The summed E-state index contributed by atoms with van der Waals surface area (Å²) in [5.41, 5.74) is 3.69. The van der Waals surface area contributed by atoms with Crippen LogP contribution in [0.2, 0.25) is 0 Å². The zero-order chi connectivity index (χ0) is 31.0. The van der Waals surface area contributed by atoms with Crippen LogP contribution in [0.4, 0.5) is 10.5 Å². The molecule has 0 saturated heterocycles. The van der Waals surface area contributed by atoms with Gasteiger partial charge in [0.15, 0.2) is 0 Å². The number of nitrogens with one attached hydrogen (secondary N) is 1. The second-order valence-corrected chi connectivity index (χ2v) is 11.6. The maximum absolute atomic E-state index is 13.6. The quantitative estimate of drug-likeness (QED) is 0.433. The zero-order valence-electron chi connectivity index (χ0n) is 25.8. The van der Waals surface area contributed by atoms with Crippen LogP contribution in [0.3, 0.4) is 0 Å². The second kappa shape index (κ2) is 14.1. The third kappa shape index (κ3) is 8.62. The molecule has 0 aromatic heterocycles. The molecule has 1 atom stereocenters. The van der Waals surface area contributed by atoms with Crippen LogP contribution in [0, 0.1) is 18.3 Å². The summed E-state index contributed by atoms with van der Waals surface area (Å²) in [5, 5.41) is 12.3. The highest BCUT2D eigenvalue weighted by Crippen LogP contribution is 2.29. The third-order valence-electron chi connectivity index (χ3n) is 7.34. The van der Waals surface area contributed by atoms with Crippen molar-refractivity contribution in [3.8, 4) is 11.8 Å². The molecule has 10 heteroatoms. The van der Waals surface area contributed by atoms with Crippen LogP contribution in [-0.2, 0) is 27.2 Å². The fourth-order valence-electron chi connectivity index (χ4n) is 4.96. The summed E-state index contributed by atoms with van der Waals surface area (Å²) in [6.45, 7) is 9.99. The first kappa shape index (κ1) is 32.3. The number of amides is 3. The van der Waals surface area contributed by atoms with Gasteiger partial charge >= 0.3 is 6.09 Å². The van der Waals surface area contributed by atoms with E-state index in [-0.39, 0.29) is 44.0 Å². The molecule has 0 saturated carbocycles. The average Bonchev–Trinajstić information content (AvgIpc) is 3.37. The molecule has 3 amide bonds. The normalized spacial score (nSPS) is 13.9. The number of aryl methyl sites for hydroxylation is 1. The summed E-state index contributed by atoms with van der Waals surface area (Å²) >= 11 is 0. The zero-order valence-corrected chi connectivity index (χ0v) is 25.8. The lowest BCUT2D eigenvalue weighted by atomic mass is 10.1. The van der Waals surface area contributed by atoms with Gasteiger partial charge < -0.3 is 29.5 Å². The predicted octanol–water partition coefficient (Wildman–Crippen LogP) is 3.68. The van der Waals surface area contributed by atoms with Crippen molar-refractivity contribution in [1.82, 2.24) is 15.1 Å². The largest absolute Gasteiger partial charge is 0.497 e. The van der Waals surface area contributed by atoms with E-state index in [2.05, 4.69) is 11.4 Å². The fourth-order valence-corrected chi connectivity index (χ4v) is 4.96. The van der Waals surface area contributed by atoms with Crippen molar-refractivity contribution in [3.05, 3.63) is 58.7 Å². The Labute approximate surface area is 249 Å². The molecule has 1 unspecified atom stereocenters. The number of nitriles is 1. The fraction of sp³-hybridized carbons (Fsp3) is 0.500. The van der Waals surface area contributed by atoms with E-state index < -0.39 is 11.7 Å². The second-order valence-electron chi connectivity index (χ2n) is 11.6. The predicted molar refractivity (Wildman–Crippen MR) is 162 cm³/mol. The maximum atomic E-state index is 13.6. The van der Waals surface area contributed by atoms with E-state index in [0.29, 0.717) is 17.8 Å². The number of hydrogen-bond donors (Lipinski definition) is 1. The number of methoxy groups -OCH3 is 1. The van der Waals surface area contributed by atoms with Crippen LogP contribution in [0.1, 0.15) is 49.9 Å². The number of fused-ring (bicyclic) bond motifs is 1. The summed E-state index contributed by atoms with van der Waals surface area (Å²) in [7, 11) is 3.43. The van der Waals surface area contributed by atoms with Crippen LogP contribution >= 0.6 is 0 Å². The van der Waals surface area contributed by atoms with Gasteiger partial charge in [-0.15, -0.1) is 0 Å². The number of carbonyl (C=O) groups is 3. The van der Waals surface area contributed by atoms with Gasteiger partial charge in [-0.25, -0.2) is 4.79 Å². The number of nitrogens with zero attached hydrogens (tertiary/aromatic N) is 4. The lowest BCUT2D eigenvalue weighted by molar-refractivity contribution is -0.130. The highest BCUT2D eigenvalue weighted by molar-refractivity contribution is 5.87. The van der Waals surface area contributed by atoms with Crippen molar-refractivity contribution >= 4 is 23.6 Å². The van der Waals surface area contributed by atoms with Gasteiger partial charge in [-0.05, 0) is 88.4 Å². The molecule has 0 bridgehead atoms. The van der Waals surface area contributed by atoms with Gasteiger partial charge in [-0.3, -0.25) is 9.59 Å². The summed E-state index contributed by atoms with van der Waals surface area (Å²) in [4.78, 5) is 44.1. The lowest BCUT2D eigenvalue weighted by Gasteiger charge is -2.30. The molecule has 1 N–H and O–H groups in total. The number of benzene rings is 2. The highest BCUT2D eigenvalue weighted by Gasteiger charge is 2.29. The molecule has 226 valence electrons. The average molecular weight is 578 g/mol. The molecule has 0 fully saturated rings. The molecular formula is C32H43N5O5. The van der Waals surface area contributed by atoms with E-state index in [1.807, 2.05) is 38.1 Å². The Bertz CT molecular complexity index is 1330. The molecular weight excluding hydrogens is 534 g/mol. The minimum Gasteiger partial charge on any atom is -0.497 e. The molecule has 0 spiro atoms. The molecule has 42 heavy (non-hydrogen) atoms. The van der Waals surface area contributed by atoms with Crippen molar-refractivity contribution in [1.29, 1.82) is 5.26 Å². The molecule has 10 nitrogen and oxygen atoms in total. The van der Waals surface area contributed by atoms with Gasteiger partial charge in [0.25, 0.3) is 0 Å². The first-order valence-corrected chi connectivity index (χ1v) is 14.3. The number of hydrogen-bond acceptors (Lipinski definition) is 7. The maximum Gasteiger partial charge on any atom is 0.410 e. The van der Waals surface area contributed by atoms with Gasteiger partial charge in [-0.2, -0.15) is 5.26 Å². The van der Waals surface area contributed by atoms with Gasteiger partial charge in [-0.1, -0.05) is 12.1 Å². The third-order valence-corrected chi connectivity index (χ3v) is 7.34. The smallest absolute Gasteiger partial charge is 0.410 e. The minimum absolute atomic E-state index is 0.00490. The summed E-state index contributed by atoms with van der Waals surface area (Å²) in [6, 6.07) is 13.4. The van der Waals surface area contributed by atoms with Gasteiger partial charge in [0.1, 0.15) is 11.4 Å². The van der Waals surface area contributed by atoms with E-state index >= 15 is 0 Å². The van der Waals surface area contributed by atoms with Crippen molar-refractivity contribution in [2.75, 3.05) is 51.8 Å². The van der Waals surface area contributed by atoms with Crippen LogP contribution < -0.4 is 15.0 Å². The SMILES string of the molecule is CCN(CCNC(=O)CN(CC(=O)N(C)C1Cc2ccc(OC)cc2C1)c1cc(C#N)ccc1C)C(=O)OC(C)(C)C. The Balaban J connectivity index is 1.69. The van der Waals surface area contributed by atoms with Gasteiger partial charge in [0.05, 0.1) is 31.8 Å². The van der Waals surface area contributed by atoms with E-state index in [0.717, 1.165) is 24.2 Å². The molecule has 2 aromatic carbocycles. The lowest BCUT2D eigenvalue weighted by Crippen LogP contribution is -2.47. The number of rotatable bonds is 11. The first-order valence-electron chi connectivity index (χ1n) is 14.3. The van der Waals surface area contributed by atoms with E-state index in [9.17, 15) is 19.6 Å². The van der Waals surface area contributed by atoms with Crippen molar-refractivity contribution in [3.63, 3.8) is 0 Å². The molecule has 0 heterocycles. The summed E-state index contributed by atoms with van der Waals surface area (Å²) in [6.07, 6.45) is 1.03. The number of likely N-dealkylation sites (N-methyl/N-ethyl adjacent to an activating group) is 2. The van der Waals surface area contributed by atoms with E-state index in [1.165, 1.54) is 16.0 Å². The Morgan fingerprint density at radius 1 is 1.07 bits per heavy atom. The van der Waals surface area contributed by atoms with Crippen LogP contribution in [-0.4, -0.2) is 86.2 Å². The number of carbonyl (C=O) groups excluding carboxylic acids is 3. The molecule has 1 aliphatic carbocycles. The number of anilines is 1. The van der Waals surface area contributed by atoms with E-state index in [1.54, 1.807) is 56.9 Å². The van der Waals surface area contributed by atoms with Crippen molar-refractivity contribution in [2.45, 2.75) is 59.1 Å². The van der Waals surface area contributed by atoms with Crippen LogP contribution in [0.25, 0.3) is 0 Å². The standard InChI is InChI=1S/C32H43N5O5/c1-8-36(31(40)42-32(3,4)5)14-13-34-29(38)20-37(28-15-23(19-33)10-9-22(28)2)21-30(39)35(6)26-16-24-11-12-27(41-7)18-25(24)17-26/h9-12,15,18,26H,8,13-14,16-17,20-21H2,1-7H3,(H,34,38). The van der Waals surface area contributed by atoms with E-state index in [4.69, 9.17) is 9.47 Å². The van der Waals surface area contributed by atoms with Crippen LogP contribution in [0.15, 0.2) is 36.4 Å². The van der Waals surface area contributed by atoms with Crippen LogP contribution in [0.5, 0.6) is 5.75 Å². The van der Waals surface area contributed by atoms with Gasteiger partial charge in [0, 0.05) is 38.4 Å². The monoisotopic (exact) mass is 577 g/mol. The van der Waals surface area contributed by atoms with Gasteiger partial charge in [0.2, 0.25) is 11.8 Å². The minimum atomic E-state index is -0.613. The molecule has 0 radical (unpaired) electrons. The first-order chi connectivity index (χ1) is 19.8. The number of ether oxygens (including phenoxy) is 2. The highest BCUT2D eigenvalue weighted by atomic mass is 16.6. The summed E-state index contributed by atoms with van der Waals surface area (Å²) < 4.78 is 10.8. The Hall–Kier alpha value is -4.26. The topological polar surface area (TPSA) is 115 Å². The molecule has 2 aromatic rings. The molecule has 1 aliphatic rings. The Morgan fingerprint density at radius 3 is 2.43 bits per heavy atom. The Morgan fingerprint density at radius 2 is 1.79 bits per heavy atom. The van der Waals surface area contributed by atoms with Crippen molar-refractivity contribution in [2.24, 2.45) is 0 Å². The van der Waals surface area contributed by atoms with Crippen molar-refractivity contribution < 1.29 is 23.9 Å². The summed E-state index contributed by atoms with van der Waals surface area (Å²) in [5.74, 6) is 0.366. The Kier molecular flexibility index (Phi) is 10.8.